The molecule has 1 aromatic rings. The zero-order valence-electron chi connectivity index (χ0n) is 12.7. The van der Waals surface area contributed by atoms with Crippen LogP contribution in [-0.2, 0) is 16.1 Å². The Morgan fingerprint density at radius 3 is 2.95 bits per heavy atom. The summed E-state index contributed by atoms with van der Waals surface area (Å²) < 4.78 is 0. The van der Waals surface area contributed by atoms with Crippen molar-refractivity contribution in [1.29, 1.82) is 0 Å². The van der Waals surface area contributed by atoms with Gasteiger partial charge in [-0.2, -0.15) is 0 Å². The molecule has 4 heteroatoms. The van der Waals surface area contributed by atoms with Crippen molar-refractivity contribution >= 4 is 5.91 Å². The van der Waals surface area contributed by atoms with Gasteiger partial charge in [0.25, 0.3) is 5.91 Å². The first kappa shape index (κ1) is 15.0. The number of hydrogen-bond donors (Lipinski definition) is 0. The average molecular weight is 298 g/mol. The van der Waals surface area contributed by atoms with E-state index >= 15 is 0 Å². The fraction of sp³-hybridized carbons (Fsp3) is 0.389. The standard InChI is InChI=1S/C18H22N2O2/c1-2-8-16-17-11-6-7-12-19(16)14-20(22-17)18(21)13-15-9-4-3-5-10-15/h2-6,9-11,16-17H,1,7-8,12-14H2. The van der Waals surface area contributed by atoms with Crippen molar-refractivity contribution < 1.29 is 9.63 Å². The van der Waals surface area contributed by atoms with E-state index in [1.54, 1.807) is 0 Å². The monoisotopic (exact) mass is 298 g/mol. The van der Waals surface area contributed by atoms with E-state index in [0.29, 0.717) is 13.1 Å². The molecule has 0 radical (unpaired) electrons. The Labute approximate surface area is 131 Å². The lowest BCUT2D eigenvalue weighted by Gasteiger charge is -2.43. The van der Waals surface area contributed by atoms with Gasteiger partial charge in [0, 0.05) is 12.6 Å². The molecule has 3 atom stereocenters. The molecule has 3 unspecified atom stereocenters. The lowest BCUT2D eigenvalue weighted by molar-refractivity contribution is -0.249. The van der Waals surface area contributed by atoms with Crippen LogP contribution in [0.2, 0.25) is 0 Å². The molecule has 2 bridgehead atoms. The largest absolute Gasteiger partial charge is 0.277 e. The Kier molecular flexibility index (Phi) is 4.71. The molecule has 1 fully saturated rings. The third-order valence-electron chi connectivity index (χ3n) is 4.20. The van der Waals surface area contributed by atoms with Crippen LogP contribution in [0.5, 0.6) is 0 Å². The normalized spacial score (nSPS) is 27.3. The van der Waals surface area contributed by atoms with E-state index in [0.717, 1.165) is 24.9 Å². The van der Waals surface area contributed by atoms with Crippen molar-refractivity contribution in [3.8, 4) is 0 Å². The van der Waals surface area contributed by atoms with Crippen molar-refractivity contribution in [1.82, 2.24) is 9.96 Å². The highest BCUT2D eigenvalue weighted by molar-refractivity contribution is 5.77. The number of benzene rings is 1. The second-order valence-electron chi connectivity index (χ2n) is 5.77. The highest BCUT2D eigenvalue weighted by Crippen LogP contribution is 2.25. The number of hydroxylamine groups is 2. The smallest absolute Gasteiger partial charge is 0.251 e. The van der Waals surface area contributed by atoms with E-state index in [9.17, 15) is 4.79 Å². The summed E-state index contributed by atoms with van der Waals surface area (Å²) in [6.45, 7) is 5.31. The van der Waals surface area contributed by atoms with Crippen LogP contribution in [-0.4, -0.2) is 41.2 Å². The molecule has 0 spiro atoms. The first-order valence-corrected chi connectivity index (χ1v) is 7.80. The molecule has 1 aromatic carbocycles. The zero-order chi connectivity index (χ0) is 15.4. The second-order valence-corrected chi connectivity index (χ2v) is 5.77. The van der Waals surface area contributed by atoms with E-state index < -0.39 is 0 Å². The van der Waals surface area contributed by atoms with Crippen LogP contribution in [0.15, 0.2) is 55.1 Å². The summed E-state index contributed by atoms with van der Waals surface area (Å²) in [6, 6.07) is 10.1. The summed E-state index contributed by atoms with van der Waals surface area (Å²) in [7, 11) is 0. The van der Waals surface area contributed by atoms with Crippen LogP contribution in [0.3, 0.4) is 0 Å². The first-order valence-electron chi connectivity index (χ1n) is 7.80. The van der Waals surface area contributed by atoms with Crippen LogP contribution < -0.4 is 0 Å². The molecule has 0 aliphatic carbocycles. The maximum absolute atomic E-state index is 12.5. The van der Waals surface area contributed by atoms with Crippen molar-refractivity contribution in [2.45, 2.75) is 31.4 Å². The van der Waals surface area contributed by atoms with Crippen LogP contribution in [0, 0.1) is 0 Å². The average Bonchev–Trinajstić information content (AvgIpc) is 2.65. The lowest BCUT2D eigenvalue weighted by Crippen LogP contribution is -2.57. The van der Waals surface area contributed by atoms with Crippen molar-refractivity contribution in [3.63, 3.8) is 0 Å². The highest BCUT2D eigenvalue weighted by atomic mass is 16.7. The van der Waals surface area contributed by atoms with E-state index in [2.05, 4.69) is 23.6 Å². The molecule has 4 nitrogen and oxygen atoms in total. The van der Waals surface area contributed by atoms with Gasteiger partial charge in [-0.1, -0.05) is 48.6 Å². The van der Waals surface area contributed by atoms with Crippen molar-refractivity contribution in [2.24, 2.45) is 0 Å². The fourth-order valence-electron chi connectivity index (χ4n) is 3.05. The van der Waals surface area contributed by atoms with Crippen LogP contribution in [0.25, 0.3) is 0 Å². The molecule has 0 aromatic heterocycles. The SMILES string of the molecule is C=CCC1C2C=CCCN1CN(C(=O)Cc1ccccc1)O2. The Hall–Kier alpha value is -1.91. The van der Waals surface area contributed by atoms with E-state index in [1.807, 2.05) is 36.4 Å². The molecule has 1 saturated heterocycles. The van der Waals surface area contributed by atoms with Crippen LogP contribution in [0.4, 0.5) is 0 Å². The first-order chi connectivity index (χ1) is 10.8. The van der Waals surface area contributed by atoms with E-state index in [1.165, 1.54) is 5.06 Å². The molecule has 116 valence electrons. The van der Waals surface area contributed by atoms with Crippen LogP contribution in [0.1, 0.15) is 18.4 Å². The van der Waals surface area contributed by atoms with Gasteiger partial charge in [-0.05, 0) is 18.4 Å². The van der Waals surface area contributed by atoms with E-state index in [4.69, 9.17) is 4.84 Å². The lowest BCUT2D eigenvalue weighted by atomic mass is 10.1. The van der Waals surface area contributed by atoms with Gasteiger partial charge >= 0.3 is 0 Å². The number of fused-ring (bicyclic) bond motifs is 2. The van der Waals surface area contributed by atoms with Gasteiger partial charge in [-0.3, -0.25) is 14.5 Å². The van der Waals surface area contributed by atoms with Gasteiger partial charge in [-0.25, -0.2) is 5.06 Å². The summed E-state index contributed by atoms with van der Waals surface area (Å²) >= 11 is 0. The number of rotatable bonds is 4. The maximum atomic E-state index is 12.5. The molecule has 0 N–H and O–H groups in total. The summed E-state index contributed by atoms with van der Waals surface area (Å²) in [5.74, 6) is 0.00792. The molecular weight excluding hydrogens is 276 g/mol. The quantitative estimate of drug-likeness (QED) is 0.801. The molecular formula is C18H22N2O2. The maximum Gasteiger partial charge on any atom is 0.251 e. The Morgan fingerprint density at radius 1 is 1.36 bits per heavy atom. The predicted molar refractivity (Wildman–Crippen MR) is 85.8 cm³/mol. The van der Waals surface area contributed by atoms with Crippen molar-refractivity contribution in [3.05, 3.63) is 60.7 Å². The van der Waals surface area contributed by atoms with Gasteiger partial charge in [0.05, 0.1) is 6.42 Å². The topological polar surface area (TPSA) is 32.8 Å². The number of hydrogen-bond acceptors (Lipinski definition) is 3. The summed E-state index contributed by atoms with van der Waals surface area (Å²) in [4.78, 5) is 20.8. The van der Waals surface area contributed by atoms with Gasteiger partial charge in [0.15, 0.2) is 0 Å². The number of carbonyl (C=O) groups excluding carboxylic acids is 1. The molecule has 2 aliphatic rings. The molecule has 2 heterocycles. The summed E-state index contributed by atoms with van der Waals surface area (Å²) in [6.07, 6.45) is 8.31. The highest BCUT2D eigenvalue weighted by Gasteiger charge is 2.36. The third kappa shape index (κ3) is 3.29. The van der Waals surface area contributed by atoms with Gasteiger partial charge in [-0.15, -0.1) is 6.58 Å². The number of amides is 1. The number of carbonyl (C=O) groups is 1. The van der Waals surface area contributed by atoms with Gasteiger partial charge in [0.1, 0.15) is 12.8 Å². The van der Waals surface area contributed by atoms with Crippen molar-refractivity contribution in [2.75, 3.05) is 13.2 Å². The second kappa shape index (κ2) is 6.90. The molecule has 0 saturated carbocycles. The Bertz CT molecular complexity index is 555. The molecule has 1 amide bonds. The Balaban J connectivity index is 1.70. The minimum atomic E-state index is -0.0750. The summed E-state index contributed by atoms with van der Waals surface area (Å²) in [5.41, 5.74) is 1.01. The van der Waals surface area contributed by atoms with Crippen LogP contribution >= 0.6 is 0 Å². The third-order valence-corrected chi connectivity index (χ3v) is 4.20. The number of nitrogens with zero attached hydrogens (tertiary/aromatic N) is 2. The minimum absolute atomic E-state index is 0.00792. The van der Waals surface area contributed by atoms with Gasteiger partial charge in [0.2, 0.25) is 0 Å². The summed E-state index contributed by atoms with van der Waals surface area (Å²) in [5, 5.41) is 1.52. The Morgan fingerprint density at radius 2 is 2.18 bits per heavy atom. The molecule has 3 rings (SSSR count). The van der Waals surface area contributed by atoms with E-state index in [-0.39, 0.29) is 18.1 Å². The zero-order valence-corrected chi connectivity index (χ0v) is 12.7. The van der Waals surface area contributed by atoms with Gasteiger partial charge < -0.3 is 0 Å². The minimum Gasteiger partial charge on any atom is -0.277 e. The molecule has 22 heavy (non-hydrogen) atoms. The fourth-order valence-corrected chi connectivity index (χ4v) is 3.05. The predicted octanol–water partition coefficient (Wildman–Crippen LogP) is 2.54. The molecule has 2 aliphatic heterocycles.